The molecule has 7 heteroatoms. The summed E-state index contributed by atoms with van der Waals surface area (Å²) < 4.78 is 5.26. The first-order chi connectivity index (χ1) is 11.5. The molecule has 0 saturated carbocycles. The molecule has 1 atom stereocenters. The van der Waals surface area contributed by atoms with Gasteiger partial charge in [-0.2, -0.15) is 0 Å². The van der Waals surface area contributed by atoms with Crippen LogP contribution in [0.5, 0.6) is 0 Å². The second-order valence-electron chi connectivity index (χ2n) is 4.83. The van der Waals surface area contributed by atoms with Gasteiger partial charge in [-0.15, -0.1) is 11.8 Å². The van der Waals surface area contributed by atoms with Crippen LogP contribution in [0.1, 0.15) is 24.2 Å². The maximum absolute atomic E-state index is 12.3. The van der Waals surface area contributed by atoms with E-state index < -0.39 is 18.0 Å². The zero-order valence-corrected chi connectivity index (χ0v) is 14.9. The quantitative estimate of drug-likeness (QED) is 0.619. The zero-order valence-electron chi connectivity index (χ0n) is 13.3. The number of carbonyl (C=O) groups excluding carboxylic acids is 2. The fourth-order valence-electron chi connectivity index (χ4n) is 1.87. The number of nitrogens with zero attached hydrogens (tertiary/aromatic N) is 1. The van der Waals surface area contributed by atoms with Crippen LogP contribution in [-0.2, 0) is 9.53 Å². The molecule has 5 nitrogen and oxygen atoms in total. The summed E-state index contributed by atoms with van der Waals surface area (Å²) in [5, 5.41) is 3.04. The molecule has 0 saturated heterocycles. The van der Waals surface area contributed by atoms with Crippen LogP contribution in [0.3, 0.4) is 0 Å². The van der Waals surface area contributed by atoms with E-state index in [9.17, 15) is 9.59 Å². The highest BCUT2D eigenvalue weighted by Gasteiger charge is 2.21. The fourth-order valence-corrected chi connectivity index (χ4v) is 2.78. The van der Waals surface area contributed by atoms with Crippen LogP contribution >= 0.6 is 23.4 Å². The van der Waals surface area contributed by atoms with Gasteiger partial charge in [-0.25, -0.2) is 9.78 Å². The molecule has 1 aromatic heterocycles. The van der Waals surface area contributed by atoms with Crippen LogP contribution in [0.4, 0.5) is 5.82 Å². The number of hydrogen-bond acceptors (Lipinski definition) is 5. The van der Waals surface area contributed by atoms with Crippen LogP contribution in [0, 0.1) is 0 Å². The van der Waals surface area contributed by atoms with Crippen molar-refractivity contribution >= 4 is 41.1 Å². The van der Waals surface area contributed by atoms with Gasteiger partial charge < -0.3 is 10.1 Å². The van der Waals surface area contributed by atoms with Crippen molar-refractivity contribution in [3.05, 3.63) is 53.2 Å². The number of rotatable bonds is 6. The molecule has 1 heterocycles. The fraction of sp³-hybridized carbons (Fsp3) is 0.235. The summed E-state index contributed by atoms with van der Waals surface area (Å²) in [5.41, 5.74) is 0.452. The van der Waals surface area contributed by atoms with Crippen molar-refractivity contribution in [2.45, 2.75) is 24.8 Å². The van der Waals surface area contributed by atoms with E-state index in [0.29, 0.717) is 16.4 Å². The Hall–Kier alpha value is -2.05. The number of anilines is 1. The molecule has 0 aliphatic carbocycles. The summed E-state index contributed by atoms with van der Waals surface area (Å²) in [6, 6.07) is 10.3. The van der Waals surface area contributed by atoms with Crippen LogP contribution in [0.2, 0.25) is 5.02 Å². The third-order valence-corrected chi connectivity index (χ3v) is 4.22. The van der Waals surface area contributed by atoms with Crippen LogP contribution in [-0.4, -0.2) is 28.7 Å². The minimum atomic E-state index is -0.949. The molecule has 1 N–H and O–H groups in total. The largest absolute Gasteiger partial charge is 0.449 e. The normalized spacial score (nSPS) is 11.6. The molecule has 24 heavy (non-hydrogen) atoms. The molecule has 1 amide bonds. The van der Waals surface area contributed by atoms with Gasteiger partial charge in [0.2, 0.25) is 0 Å². The molecular formula is C17H17ClN2O3S. The standard InChI is InChI=1S/C17H17ClN2O3S/c1-3-24-14-7-5-4-6-13(14)17(22)23-11(2)16(21)20-15-9-8-12(18)10-19-15/h4-11H,3H2,1-2H3,(H,19,20,21)/t11-/m1/s1. The van der Waals surface area contributed by atoms with Gasteiger partial charge in [0.15, 0.2) is 6.10 Å². The number of ether oxygens (including phenoxy) is 1. The number of aromatic nitrogens is 1. The summed E-state index contributed by atoms with van der Waals surface area (Å²) in [6.45, 7) is 3.51. The number of thioether (sulfide) groups is 1. The van der Waals surface area contributed by atoms with E-state index in [1.807, 2.05) is 19.1 Å². The summed E-state index contributed by atoms with van der Waals surface area (Å²) in [4.78, 5) is 29.2. The highest BCUT2D eigenvalue weighted by atomic mass is 35.5. The van der Waals surface area contributed by atoms with Gasteiger partial charge >= 0.3 is 5.97 Å². The molecule has 0 aliphatic heterocycles. The van der Waals surface area contributed by atoms with Crippen molar-refractivity contribution in [3.63, 3.8) is 0 Å². The predicted octanol–water partition coefficient (Wildman–Crippen LogP) is 4.03. The summed E-state index contributed by atoms with van der Waals surface area (Å²) in [6.07, 6.45) is 0.473. The summed E-state index contributed by atoms with van der Waals surface area (Å²) in [5.74, 6) is 0.189. The predicted molar refractivity (Wildman–Crippen MR) is 95.6 cm³/mol. The van der Waals surface area contributed by atoms with Crippen LogP contribution in [0.15, 0.2) is 47.5 Å². The second-order valence-corrected chi connectivity index (χ2v) is 6.57. The Kier molecular flexibility index (Phi) is 6.63. The van der Waals surface area contributed by atoms with E-state index in [0.717, 1.165) is 10.6 Å². The number of nitrogens with one attached hydrogen (secondary N) is 1. The minimum absolute atomic E-state index is 0.342. The SMILES string of the molecule is CCSc1ccccc1C(=O)O[C@H](C)C(=O)Nc1ccc(Cl)cn1. The van der Waals surface area contributed by atoms with E-state index in [4.69, 9.17) is 16.3 Å². The van der Waals surface area contributed by atoms with Crippen molar-refractivity contribution < 1.29 is 14.3 Å². The Labute approximate surface area is 149 Å². The highest BCUT2D eigenvalue weighted by Crippen LogP contribution is 2.23. The molecule has 0 aliphatic rings. The molecule has 0 bridgehead atoms. The van der Waals surface area contributed by atoms with Crippen LogP contribution < -0.4 is 5.32 Å². The first-order valence-corrected chi connectivity index (χ1v) is 8.73. The number of esters is 1. The van der Waals surface area contributed by atoms with Crippen molar-refractivity contribution in [2.24, 2.45) is 0 Å². The number of benzene rings is 1. The smallest absolute Gasteiger partial charge is 0.340 e. The summed E-state index contributed by atoms with van der Waals surface area (Å²) >= 11 is 7.29. The van der Waals surface area contributed by atoms with E-state index in [1.54, 1.807) is 36.0 Å². The maximum atomic E-state index is 12.3. The van der Waals surface area contributed by atoms with Crippen molar-refractivity contribution in [3.8, 4) is 0 Å². The van der Waals surface area contributed by atoms with Crippen molar-refractivity contribution in [2.75, 3.05) is 11.1 Å². The van der Waals surface area contributed by atoms with Gasteiger partial charge in [0.1, 0.15) is 5.82 Å². The van der Waals surface area contributed by atoms with Gasteiger partial charge in [-0.1, -0.05) is 30.7 Å². The van der Waals surface area contributed by atoms with Gasteiger partial charge in [0.25, 0.3) is 5.91 Å². The lowest BCUT2D eigenvalue weighted by Gasteiger charge is -2.14. The average Bonchev–Trinajstić information content (AvgIpc) is 2.57. The van der Waals surface area contributed by atoms with E-state index in [2.05, 4.69) is 10.3 Å². The Morgan fingerprint density at radius 1 is 1.29 bits per heavy atom. The molecule has 2 aromatic rings. The third-order valence-electron chi connectivity index (χ3n) is 3.04. The first-order valence-electron chi connectivity index (χ1n) is 7.36. The molecule has 0 spiro atoms. The van der Waals surface area contributed by atoms with Crippen molar-refractivity contribution in [1.29, 1.82) is 0 Å². The van der Waals surface area contributed by atoms with Gasteiger partial charge in [-0.05, 0) is 36.9 Å². The first kappa shape index (κ1) is 18.3. The third kappa shape index (κ3) is 4.97. The highest BCUT2D eigenvalue weighted by molar-refractivity contribution is 7.99. The van der Waals surface area contributed by atoms with Gasteiger partial charge in [0.05, 0.1) is 10.6 Å². The number of pyridine rings is 1. The number of halogens is 1. The number of carbonyl (C=O) groups is 2. The number of hydrogen-bond donors (Lipinski definition) is 1. The Morgan fingerprint density at radius 3 is 2.71 bits per heavy atom. The Bertz CT molecular complexity index is 722. The lowest BCUT2D eigenvalue weighted by Crippen LogP contribution is -2.30. The monoisotopic (exact) mass is 364 g/mol. The van der Waals surface area contributed by atoms with Gasteiger partial charge in [0, 0.05) is 11.1 Å². The molecule has 2 rings (SSSR count). The lowest BCUT2D eigenvalue weighted by atomic mass is 10.2. The summed E-state index contributed by atoms with van der Waals surface area (Å²) in [7, 11) is 0. The molecular weight excluding hydrogens is 348 g/mol. The van der Waals surface area contributed by atoms with E-state index in [-0.39, 0.29) is 0 Å². The molecule has 0 unspecified atom stereocenters. The molecule has 0 radical (unpaired) electrons. The zero-order chi connectivity index (χ0) is 17.5. The van der Waals surface area contributed by atoms with E-state index >= 15 is 0 Å². The molecule has 0 fully saturated rings. The Balaban J connectivity index is 2.00. The van der Waals surface area contributed by atoms with Gasteiger partial charge in [-0.3, -0.25) is 4.79 Å². The van der Waals surface area contributed by atoms with E-state index in [1.165, 1.54) is 13.1 Å². The minimum Gasteiger partial charge on any atom is -0.449 e. The molecule has 126 valence electrons. The van der Waals surface area contributed by atoms with Crippen molar-refractivity contribution in [1.82, 2.24) is 4.98 Å². The Morgan fingerprint density at radius 2 is 2.04 bits per heavy atom. The lowest BCUT2D eigenvalue weighted by molar-refractivity contribution is -0.123. The number of amides is 1. The maximum Gasteiger partial charge on any atom is 0.340 e. The average molecular weight is 365 g/mol. The topological polar surface area (TPSA) is 68.3 Å². The molecule has 1 aromatic carbocycles. The second kappa shape index (κ2) is 8.70. The van der Waals surface area contributed by atoms with Crippen LogP contribution in [0.25, 0.3) is 0 Å².